The van der Waals surface area contributed by atoms with Crippen molar-refractivity contribution in [3.05, 3.63) is 11.9 Å². The Labute approximate surface area is 82.5 Å². The summed E-state index contributed by atoms with van der Waals surface area (Å²) in [4.78, 5) is 13.7. The molecule has 1 saturated heterocycles. The van der Waals surface area contributed by atoms with Crippen molar-refractivity contribution in [3.8, 4) is 0 Å². The van der Waals surface area contributed by atoms with Crippen LogP contribution in [-0.4, -0.2) is 38.8 Å². The fourth-order valence-corrected chi connectivity index (χ4v) is 2.03. The van der Waals surface area contributed by atoms with E-state index in [2.05, 4.69) is 29.3 Å². The Morgan fingerprint density at radius 3 is 2.93 bits per heavy atom. The van der Waals surface area contributed by atoms with Gasteiger partial charge in [-0.25, -0.2) is 0 Å². The second kappa shape index (κ2) is 3.40. The minimum atomic E-state index is -0.0180. The zero-order chi connectivity index (χ0) is 10.1. The molecule has 1 N–H and O–H groups in total. The maximum atomic E-state index is 11.9. The number of hydrogen-bond acceptors (Lipinski definition) is 3. The lowest BCUT2D eigenvalue weighted by molar-refractivity contribution is 0.0738. The summed E-state index contributed by atoms with van der Waals surface area (Å²) in [6.45, 7) is 5.06. The lowest BCUT2D eigenvalue weighted by atomic mass is 10.1. The van der Waals surface area contributed by atoms with E-state index in [1.54, 1.807) is 0 Å². The van der Waals surface area contributed by atoms with Gasteiger partial charge in [0, 0.05) is 12.6 Å². The van der Waals surface area contributed by atoms with Gasteiger partial charge in [-0.1, -0.05) is 6.92 Å². The molecule has 1 aliphatic heterocycles. The van der Waals surface area contributed by atoms with Crippen LogP contribution < -0.4 is 0 Å². The van der Waals surface area contributed by atoms with Crippen LogP contribution in [0.25, 0.3) is 0 Å². The quantitative estimate of drug-likeness (QED) is 0.715. The molecule has 5 heteroatoms. The number of nitrogens with one attached hydrogen (secondary N) is 1. The summed E-state index contributed by atoms with van der Waals surface area (Å²) in [6.07, 6.45) is 2.54. The molecular weight excluding hydrogens is 180 g/mol. The van der Waals surface area contributed by atoms with Crippen molar-refractivity contribution in [3.63, 3.8) is 0 Å². The van der Waals surface area contributed by atoms with Gasteiger partial charge in [0.05, 0.1) is 6.20 Å². The second-order valence-electron chi connectivity index (χ2n) is 4.00. The van der Waals surface area contributed by atoms with E-state index >= 15 is 0 Å². The van der Waals surface area contributed by atoms with Crippen LogP contribution in [0.3, 0.4) is 0 Å². The first kappa shape index (κ1) is 9.18. The van der Waals surface area contributed by atoms with Gasteiger partial charge in [0.1, 0.15) is 0 Å². The number of hydrogen-bond donors (Lipinski definition) is 1. The highest BCUT2D eigenvalue weighted by Gasteiger charge is 2.31. The molecule has 0 aromatic carbocycles. The number of amides is 1. The van der Waals surface area contributed by atoms with Crippen LogP contribution in [0.15, 0.2) is 6.20 Å². The van der Waals surface area contributed by atoms with Gasteiger partial charge in [-0.15, -0.1) is 0 Å². The van der Waals surface area contributed by atoms with Crippen molar-refractivity contribution in [1.29, 1.82) is 0 Å². The first-order valence-corrected chi connectivity index (χ1v) is 4.85. The molecule has 5 nitrogen and oxygen atoms in total. The second-order valence-corrected chi connectivity index (χ2v) is 4.00. The molecule has 0 aliphatic carbocycles. The lowest BCUT2D eigenvalue weighted by Crippen LogP contribution is -2.34. The molecule has 0 radical (unpaired) electrons. The minimum Gasteiger partial charge on any atom is -0.334 e. The molecule has 76 valence electrons. The number of aromatic nitrogens is 3. The van der Waals surface area contributed by atoms with Crippen molar-refractivity contribution in [2.45, 2.75) is 26.3 Å². The molecule has 1 aromatic rings. The molecule has 2 heterocycles. The Morgan fingerprint density at radius 1 is 1.64 bits per heavy atom. The van der Waals surface area contributed by atoms with Crippen LogP contribution in [0.1, 0.15) is 30.8 Å². The summed E-state index contributed by atoms with van der Waals surface area (Å²) in [5, 5.41) is 9.88. The molecule has 2 unspecified atom stereocenters. The van der Waals surface area contributed by atoms with Gasteiger partial charge in [0.2, 0.25) is 0 Å². The first-order valence-electron chi connectivity index (χ1n) is 4.85. The zero-order valence-corrected chi connectivity index (χ0v) is 8.40. The standard InChI is InChI=1S/C9H14N4O/c1-6-3-7(2)13(5-6)9(14)8-4-10-12-11-8/h4,6-7H,3,5H2,1-2H3,(H,10,11,12). The topological polar surface area (TPSA) is 61.9 Å². The molecule has 1 amide bonds. The number of likely N-dealkylation sites (tertiary alicyclic amines) is 1. The summed E-state index contributed by atoms with van der Waals surface area (Å²) in [5.41, 5.74) is 0.408. The van der Waals surface area contributed by atoms with E-state index in [0.29, 0.717) is 17.7 Å². The number of H-pyrrole nitrogens is 1. The average molecular weight is 194 g/mol. The molecular formula is C9H14N4O. The Bertz CT molecular complexity index is 322. The highest BCUT2D eigenvalue weighted by atomic mass is 16.2. The molecule has 0 bridgehead atoms. The third-order valence-electron chi connectivity index (χ3n) is 2.68. The summed E-state index contributed by atoms with van der Waals surface area (Å²) in [6, 6.07) is 0.314. The number of aromatic amines is 1. The predicted molar refractivity (Wildman–Crippen MR) is 50.7 cm³/mol. The largest absolute Gasteiger partial charge is 0.334 e. The zero-order valence-electron chi connectivity index (χ0n) is 8.40. The van der Waals surface area contributed by atoms with Crippen molar-refractivity contribution in [1.82, 2.24) is 20.3 Å². The van der Waals surface area contributed by atoms with E-state index in [1.807, 2.05) is 4.90 Å². The summed E-state index contributed by atoms with van der Waals surface area (Å²) >= 11 is 0. The monoisotopic (exact) mass is 194 g/mol. The molecule has 0 saturated carbocycles. The van der Waals surface area contributed by atoms with Gasteiger partial charge in [-0.3, -0.25) is 4.79 Å². The minimum absolute atomic E-state index is 0.0180. The summed E-state index contributed by atoms with van der Waals surface area (Å²) in [7, 11) is 0. The van der Waals surface area contributed by atoms with Gasteiger partial charge in [0.15, 0.2) is 5.69 Å². The molecule has 1 aliphatic rings. The number of carbonyl (C=O) groups is 1. The van der Waals surface area contributed by atoms with Crippen LogP contribution >= 0.6 is 0 Å². The van der Waals surface area contributed by atoms with E-state index in [1.165, 1.54) is 6.20 Å². The molecule has 2 rings (SSSR count). The first-order chi connectivity index (χ1) is 6.68. The Kier molecular flexibility index (Phi) is 2.23. The number of rotatable bonds is 1. The molecule has 1 fully saturated rings. The SMILES string of the molecule is CC1CC(C)N(C(=O)c2cn[nH]n2)C1. The van der Waals surface area contributed by atoms with Gasteiger partial charge in [0.25, 0.3) is 5.91 Å². The molecule has 0 spiro atoms. The van der Waals surface area contributed by atoms with Crippen molar-refractivity contribution in [2.75, 3.05) is 6.54 Å². The van der Waals surface area contributed by atoms with Gasteiger partial charge in [-0.2, -0.15) is 15.4 Å². The number of nitrogens with zero attached hydrogens (tertiary/aromatic N) is 3. The summed E-state index contributed by atoms with van der Waals surface area (Å²) < 4.78 is 0. The normalized spacial score (nSPS) is 26.9. The maximum Gasteiger partial charge on any atom is 0.276 e. The van der Waals surface area contributed by atoms with E-state index in [9.17, 15) is 4.79 Å². The number of carbonyl (C=O) groups excluding carboxylic acids is 1. The van der Waals surface area contributed by atoms with E-state index < -0.39 is 0 Å². The molecule has 14 heavy (non-hydrogen) atoms. The molecule has 1 aromatic heterocycles. The van der Waals surface area contributed by atoms with Crippen molar-refractivity contribution in [2.24, 2.45) is 5.92 Å². The van der Waals surface area contributed by atoms with E-state index in [-0.39, 0.29) is 5.91 Å². The van der Waals surface area contributed by atoms with Crippen LogP contribution in [0.5, 0.6) is 0 Å². The highest BCUT2D eigenvalue weighted by molar-refractivity contribution is 5.92. The Balaban J connectivity index is 2.13. The summed E-state index contributed by atoms with van der Waals surface area (Å²) in [5.74, 6) is 0.566. The third-order valence-corrected chi connectivity index (χ3v) is 2.68. The van der Waals surface area contributed by atoms with E-state index in [0.717, 1.165) is 13.0 Å². The van der Waals surface area contributed by atoms with Crippen LogP contribution in [0, 0.1) is 5.92 Å². The van der Waals surface area contributed by atoms with E-state index in [4.69, 9.17) is 0 Å². The maximum absolute atomic E-state index is 11.9. The average Bonchev–Trinajstić information content (AvgIpc) is 2.73. The molecule has 2 atom stereocenters. The van der Waals surface area contributed by atoms with Gasteiger partial charge in [-0.05, 0) is 19.3 Å². The lowest BCUT2D eigenvalue weighted by Gasteiger charge is -2.19. The predicted octanol–water partition coefficient (Wildman–Crippen LogP) is 0.675. The Morgan fingerprint density at radius 2 is 2.43 bits per heavy atom. The fraction of sp³-hybridized carbons (Fsp3) is 0.667. The van der Waals surface area contributed by atoms with Gasteiger partial charge < -0.3 is 4.90 Å². The smallest absolute Gasteiger partial charge is 0.276 e. The van der Waals surface area contributed by atoms with Crippen molar-refractivity contribution >= 4 is 5.91 Å². The van der Waals surface area contributed by atoms with Crippen LogP contribution in [-0.2, 0) is 0 Å². The van der Waals surface area contributed by atoms with Crippen molar-refractivity contribution < 1.29 is 4.79 Å². The van der Waals surface area contributed by atoms with Gasteiger partial charge >= 0.3 is 0 Å². The fourth-order valence-electron chi connectivity index (χ4n) is 2.03. The highest BCUT2D eigenvalue weighted by Crippen LogP contribution is 2.23. The van der Waals surface area contributed by atoms with Crippen LogP contribution in [0.4, 0.5) is 0 Å². The van der Waals surface area contributed by atoms with Crippen LogP contribution in [0.2, 0.25) is 0 Å². The third kappa shape index (κ3) is 1.49. The Hall–Kier alpha value is -1.39.